The SMILES string of the molecule is CN=C(NCCS(=O)(=O)NCC1CCCCO1)N(C)Cc1cccn1C. The van der Waals surface area contributed by atoms with Gasteiger partial charge in [-0.3, -0.25) is 4.99 Å². The van der Waals surface area contributed by atoms with Gasteiger partial charge in [-0.25, -0.2) is 13.1 Å². The Morgan fingerprint density at radius 2 is 2.27 bits per heavy atom. The topological polar surface area (TPSA) is 88.0 Å². The predicted octanol–water partition coefficient (Wildman–Crippen LogP) is 0.521. The standard InChI is InChI=1S/C17H31N5O3S/c1-18-17(22(3)14-15-7-6-10-21(15)2)19-9-12-26(23,24)20-13-16-8-4-5-11-25-16/h6-7,10,16,20H,4-5,8-9,11-14H2,1-3H3,(H,18,19). The first-order chi connectivity index (χ1) is 12.4. The number of hydrogen-bond donors (Lipinski definition) is 2. The minimum atomic E-state index is -3.34. The van der Waals surface area contributed by atoms with Crippen molar-refractivity contribution >= 4 is 16.0 Å². The third kappa shape index (κ3) is 6.62. The lowest BCUT2D eigenvalue weighted by atomic mass is 10.1. The summed E-state index contributed by atoms with van der Waals surface area (Å²) in [6, 6.07) is 4.04. The molecule has 1 aliphatic rings. The Hall–Kier alpha value is -1.58. The molecule has 1 aromatic rings. The first-order valence-corrected chi connectivity index (χ1v) is 10.7. The molecular formula is C17H31N5O3S. The fraction of sp³-hybridized carbons (Fsp3) is 0.706. The minimum Gasteiger partial charge on any atom is -0.377 e. The van der Waals surface area contributed by atoms with Gasteiger partial charge < -0.3 is 19.5 Å². The number of nitrogens with zero attached hydrogens (tertiary/aromatic N) is 3. The molecule has 0 aliphatic carbocycles. The molecule has 0 radical (unpaired) electrons. The molecule has 0 saturated carbocycles. The van der Waals surface area contributed by atoms with Gasteiger partial charge >= 0.3 is 0 Å². The van der Waals surface area contributed by atoms with Crippen molar-refractivity contribution < 1.29 is 13.2 Å². The second kappa shape index (κ2) is 9.94. The van der Waals surface area contributed by atoms with E-state index in [1.165, 1.54) is 0 Å². The Bertz CT molecular complexity index is 680. The van der Waals surface area contributed by atoms with Crippen molar-refractivity contribution in [3.63, 3.8) is 0 Å². The van der Waals surface area contributed by atoms with Crippen LogP contribution in [0.5, 0.6) is 0 Å². The molecule has 1 saturated heterocycles. The summed E-state index contributed by atoms with van der Waals surface area (Å²) >= 11 is 0. The van der Waals surface area contributed by atoms with Crippen molar-refractivity contribution in [1.82, 2.24) is 19.5 Å². The quantitative estimate of drug-likeness (QED) is 0.503. The summed E-state index contributed by atoms with van der Waals surface area (Å²) in [7, 11) is 2.27. The highest BCUT2D eigenvalue weighted by atomic mass is 32.2. The highest BCUT2D eigenvalue weighted by molar-refractivity contribution is 7.89. The summed E-state index contributed by atoms with van der Waals surface area (Å²) in [4.78, 5) is 6.19. The largest absolute Gasteiger partial charge is 0.377 e. The van der Waals surface area contributed by atoms with Crippen LogP contribution in [0.25, 0.3) is 0 Å². The third-order valence-corrected chi connectivity index (χ3v) is 5.83. The van der Waals surface area contributed by atoms with Crippen LogP contribution in [0.1, 0.15) is 25.0 Å². The van der Waals surface area contributed by atoms with Crippen molar-refractivity contribution in [2.24, 2.45) is 12.0 Å². The van der Waals surface area contributed by atoms with E-state index in [-0.39, 0.29) is 11.9 Å². The van der Waals surface area contributed by atoms with Gasteiger partial charge in [-0.1, -0.05) is 0 Å². The van der Waals surface area contributed by atoms with Crippen LogP contribution in [0.2, 0.25) is 0 Å². The van der Waals surface area contributed by atoms with Gasteiger partial charge in [0.05, 0.1) is 18.4 Å². The molecule has 2 rings (SSSR count). The first-order valence-electron chi connectivity index (χ1n) is 9.02. The summed E-state index contributed by atoms with van der Waals surface area (Å²) in [5.41, 5.74) is 1.15. The van der Waals surface area contributed by atoms with Gasteiger partial charge in [-0.15, -0.1) is 0 Å². The van der Waals surface area contributed by atoms with Crippen molar-refractivity contribution in [2.75, 3.05) is 39.5 Å². The van der Waals surface area contributed by atoms with E-state index in [1.807, 2.05) is 41.9 Å². The van der Waals surface area contributed by atoms with Gasteiger partial charge in [0.1, 0.15) is 0 Å². The predicted molar refractivity (Wildman–Crippen MR) is 104 cm³/mol. The molecule has 1 aromatic heterocycles. The van der Waals surface area contributed by atoms with E-state index in [4.69, 9.17) is 4.74 Å². The van der Waals surface area contributed by atoms with Crippen LogP contribution in [0, 0.1) is 0 Å². The summed E-state index contributed by atoms with van der Waals surface area (Å²) in [6.45, 7) is 2.06. The average Bonchev–Trinajstić information content (AvgIpc) is 3.02. The number of aliphatic imine (C=N–C) groups is 1. The van der Waals surface area contributed by atoms with Gasteiger partial charge in [0.2, 0.25) is 10.0 Å². The Labute approximate surface area is 156 Å². The van der Waals surface area contributed by atoms with Crippen molar-refractivity contribution in [1.29, 1.82) is 0 Å². The second-order valence-electron chi connectivity index (χ2n) is 6.60. The molecule has 1 aliphatic heterocycles. The van der Waals surface area contributed by atoms with Gasteiger partial charge in [0.15, 0.2) is 5.96 Å². The fourth-order valence-corrected chi connectivity index (χ4v) is 3.88. The number of sulfonamides is 1. The normalized spacial score (nSPS) is 18.7. The fourth-order valence-electron chi connectivity index (χ4n) is 2.92. The molecule has 2 N–H and O–H groups in total. The van der Waals surface area contributed by atoms with Crippen molar-refractivity contribution in [2.45, 2.75) is 31.9 Å². The summed E-state index contributed by atoms with van der Waals surface area (Å²) < 4.78 is 34.5. The van der Waals surface area contributed by atoms with Crippen molar-refractivity contribution in [3.8, 4) is 0 Å². The van der Waals surface area contributed by atoms with E-state index in [2.05, 4.69) is 15.0 Å². The molecular weight excluding hydrogens is 354 g/mol. The monoisotopic (exact) mass is 385 g/mol. The summed E-state index contributed by atoms with van der Waals surface area (Å²) in [5.74, 6) is 0.661. The van der Waals surface area contributed by atoms with E-state index in [9.17, 15) is 8.42 Å². The van der Waals surface area contributed by atoms with Gasteiger partial charge in [0.25, 0.3) is 0 Å². The lowest BCUT2D eigenvalue weighted by Gasteiger charge is -2.23. The first kappa shape index (κ1) is 20.7. The van der Waals surface area contributed by atoms with Crippen molar-refractivity contribution in [3.05, 3.63) is 24.0 Å². The smallest absolute Gasteiger partial charge is 0.213 e. The molecule has 0 amide bonds. The Morgan fingerprint density at radius 1 is 1.46 bits per heavy atom. The maximum atomic E-state index is 12.2. The third-order valence-electron chi connectivity index (χ3n) is 4.48. The van der Waals surface area contributed by atoms with Crippen LogP contribution in [-0.4, -0.2) is 69.5 Å². The lowest BCUT2D eigenvalue weighted by Crippen LogP contribution is -2.43. The molecule has 9 heteroatoms. The molecule has 0 spiro atoms. The number of guanidine groups is 1. The second-order valence-corrected chi connectivity index (χ2v) is 8.52. The van der Waals surface area contributed by atoms with E-state index >= 15 is 0 Å². The van der Waals surface area contributed by atoms with Crippen LogP contribution >= 0.6 is 0 Å². The van der Waals surface area contributed by atoms with Gasteiger partial charge in [-0.2, -0.15) is 0 Å². The minimum absolute atomic E-state index is 0.00324. The van der Waals surface area contributed by atoms with Crippen LogP contribution in [0.4, 0.5) is 0 Å². The molecule has 1 unspecified atom stereocenters. The van der Waals surface area contributed by atoms with Crippen LogP contribution in [0.3, 0.4) is 0 Å². The number of aromatic nitrogens is 1. The summed E-state index contributed by atoms with van der Waals surface area (Å²) in [5, 5.41) is 3.11. The number of nitrogens with one attached hydrogen (secondary N) is 2. The zero-order valence-corrected chi connectivity index (χ0v) is 16.8. The van der Waals surface area contributed by atoms with Crippen LogP contribution < -0.4 is 10.0 Å². The Morgan fingerprint density at radius 3 is 2.88 bits per heavy atom. The van der Waals surface area contributed by atoms with Gasteiger partial charge in [-0.05, 0) is 31.4 Å². The maximum Gasteiger partial charge on any atom is 0.213 e. The molecule has 148 valence electrons. The molecule has 26 heavy (non-hydrogen) atoms. The molecule has 8 nitrogen and oxygen atoms in total. The highest BCUT2D eigenvalue weighted by Gasteiger charge is 2.18. The van der Waals surface area contributed by atoms with E-state index in [0.29, 0.717) is 25.6 Å². The summed E-state index contributed by atoms with van der Waals surface area (Å²) in [6.07, 6.45) is 5.06. The number of rotatable bonds is 8. The highest BCUT2D eigenvalue weighted by Crippen LogP contribution is 2.11. The molecule has 1 fully saturated rings. The van der Waals surface area contributed by atoms with Crippen LogP contribution in [-0.2, 0) is 28.4 Å². The molecule has 0 bridgehead atoms. The van der Waals surface area contributed by atoms with Crippen LogP contribution in [0.15, 0.2) is 23.3 Å². The number of hydrogen-bond acceptors (Lipinski definition) is 4. The van der Waals surface area contributed by atoms with E-state index in [0.717, 1.165) is 31.6 Å². The lowest BCUT2D eigenvalue weighted by molar-refractivity contribution is 0.0200. The number of ether oxygens (including phenoxy) is 1. The zero-order chi connectivity index (χ0) is 19.0. The average molecular weight is 386 g/mol. The maximum absolute atomic E-state index is 12.2. The molecule has 0 aromatic carbocycles. The van der Waals surface area contributed by atoms with E-state index in [1.54, 1.807) is 7.05 Å². The van der Waals surface area contributed by atoms with E-state index < -0.39 is 10.0 Å². The number of aryl methyl sites for hydroxylation is 1. The zero-order valence-electron chi connectivity index (χ0n) is 15.9. The van der Waals surface area contributed by atoms with Gasteiger partial charge in [0, 0.05) is 52.7 Å². The Kier molecular flexibility index (Phi) is 7.92. The molecule has 1 atom stereocenters. The Balaban J connectivity index is 1.74. The molecule has 2 heterocycles.